The van der Waals surface area contributed by atoms with E-state index in [-0.39, 0.29) is 23.3 Å². The second-order valence-electron chi connectivity index (χ2n) is 5.51. The third kappa shape index (κ3) is 3.30. The molecule has 114 valence electrons. The van der Waals surface area contributed by atoms with E-state index in [1.807, 2.05) is 18.9 Å². The number of nitro benzene ring substituents is 1. The Morgan fingerprint density at radius 2 is 2.00 bits per heavy atom. The number of carbonyl (C=O) groups excluding carboxylic acids is 1. The van der Waals surface area contributed by atoms with Crippen molar-refractivity contribution >= 4 is 17.3 Å². The summed E-state index contributed by atoms with van der Waals surface area (Å²) in [5.41, 5.74) is 8.51. The predicted octanol–water partition coefficient (Wildman–Crippen LogP) is 2.08. The Labute approximate surface area is 123 Å². The van der Waals surface area contributed by atoms with Crippen molar-refractivity contribution in [3.05, 3.63) is 33.9 Å². The van der Waals surface area contributed by atoms with Crippen molar-refractivity contribution in [2.75, 3.05) is 5.73 Å². The number of nitro groups is 1. The minimum absolute atomic E-state index is 0.00928. The number of nitrogens with one attached hydrogen (secondary N) is 1. The molecular formula is C14H20N4O3. The average molecular weight is 292 g/mol. The lowest BCUT2D eigenvalue weighted by molar-refractivity contribution is -0.385. The molecule has 2 rings (SSSR count). The first kappa shape index (κ1) is 15.2. The number of rotatable bonds is 3. The van der Waals surface area contributed by atoms with Gasteiger partial charge in [-0.25, -0.2) is 5.01 Å². The van der Waals surface area contributed by atoms with Gasteiger partial charge < -0.3 is 5.73 Å². The van der Waals surface area contributed by atoms with Gasteiger partial charge in [-0.3, -0.25) is 20.3 Å². The van der Waals surface area contributed by atoms with Gasteiger partial charge in [-0.1, -0.05) is 6.42 Å². The molecule has 0 saturated carbocycles. The maximum absolute atomic E-state index is 12.4. The molecule has 1 heterocycles. The molecule has 1 aliphatic heterocycles. The lowest BCUT2D eigenvalue weighted by atomic mass is 10.00. The summed E-state index contributed by atoms with van der Waals surface area (Å²) >= 11 is 0. The van der Waals surface area contributed by atoms with Gasteiger partial charge in [0.15, 0.2) is 0 Å². The molecule has 0 radical (unpaired) electrons. The highest BCUT2D eigenvalue weighted by Gasteiger charge is 2.28. The first-order valence-electron chi connectivity index (χ1n) is 7.03. The summed E-state index contributed by atoms with van der Waals surface area (Å²) in [7, 11) is 0. The van der Waals surface area contributed by atoms with Crippen LogP contribution in [0.5, 0.6) is 0 Å². The number of hydrogen-bond donors (Lipinski definition) is 2. The van der Waals surface area contributed by atoms with Gasteiger partial charge in [-0.05, 0) is 38.8 Å². The Morgan fingerprint density at radius 1 is 1.38 bits per heavy atom. The highest BCUT2D eigenvalue weighted by atomic mass is 16.6. The van der Waals surface area contributed by atoms with Crippen LogP contribution in [0, 0.1) is 10.1 Å². The van der Waals surface area contributed by atoms with E-state index in [1.165, 1.54) is 18.2 Å². The molecule has 7 heteroatoms. The molecule has 2 atom stereocenters. The Bertz CT molecular complexity index is 551. The number of piperidine rings is 1. The smallest absolute Gasteiger partial charge is 0.282 e. The van der Waals surface area contributed by atoms with Crippen molar-refractivity contribution in [1.82, 2.24) is 10.4 Å². The lowest BCUT2D eigenvalue weighted by Crippen LogP contribution is -2.54. The fraction of sp³-hybridized carbons (Fsp3) is 0.500. The van der Waals surface area contributed by atoms with Crippen LogP contribution in [-0.2, 0) is 0 Å². The van der Waals surface area contributed by atoms with Gasteiger partial charge in [0.2, 0.25) is 0 Å². The molecule has 1 aromatic rings. The molecule has 1 fully saturated rings. The molecule has 0 spiro atoms. The van der Waals surface area contributed by atoms with Gasteiger partial charge in [-0.2, -0.15) is 0 Å². The van der Waals surface area contributed by atoms with E-state index in [9.17, 15) is 14.9 Å². The van der Waals surface area contributed by atoms with E-state index in [0.29, 0.717) is 5.69 Å². The summed E-state index contributed by atoms with van der Waals surface area (Å²) in [6.45, 7) is 4.06. The van der Waals surface area contributed by atoms with Crippen LogP contribution in [-0.4, -0.2) is 27.9 Å². The summed E-state index contributed by atoms with van der Waals surface area (Å²) in [5, 5.41) is 12.9. The van der Waals surface area contributed by atoms with E-state index >= 15 is 0 Å². The Kier molecular flexibility index (Phi) is 4.42. The van der Waals surface area contributed by atoms with Crippen molar-refractivity contribution in [3.8, 4) is 0 Å². The van der Waals surface area contributed by atoms with Gasteiger partial charge in [0.25, 0.3) is 11.6 Å². The largest absolute Gasteiger partial charge is 0.399 e. The van der Waals surface area contributed by atoms with Gasteiger partial charge in [0.1, 0.15) is 5.56 Å². The third-order valence-electron chi connectivity index (χ3n) is 3.89. The number of benzene rings is 1. The number of nitrogen functional groups attached to an aromatic ring is 1. The lowest BCUT2D eigenvalue weighted by Gasteiger charge is -2.38. The van der Waals surface area contributed by atoms with Crippen LogP contribution in [0.1, 0.15) is 43.5 Å². The highest BCUT2D eigenvalue weighted by molar-refractivity contribution is 5.98. The Morgan fingerprint density at radius 3 is 2.57 bits per heavy atom. The number of nitrogens with two attached hydrogens (primary N) is 1. The molecule has 3 N–H and O–H groups in total. The number of nitrogens with zero attached hydrogens (tertiary/aromatic N) is 2. The first-order valence-corrected chi connectivity index (χ1v) is 7.03. The van der Waals surface area contributed by atoms with Gasteiger partial charge in [-0.15, -0.1) is 0 Å². The molecular weight excluding hydrogens is 272 g/mol. The Hall–Kier alpha value is -2.15. The zero-order chi connectivity index (χ0) is 15.6. The van der Waals surface area contributed by atoms with E-state index in [0.717, 1.165) is 19.3 Å². The quantitative estimate of drug-likeness (QED) is 0.504. The Balaban J connectivity index is 2.24. The minimum atomic E-state index is -0.572. The number of amides is 1. The van der Waals surface area contributed by atoms with Crippen LogP contribution >= 0.6 is 0 Å². The second-order valence-corrected chi connectivity index (χ2v) is 5.51. The van der Waals surface area contributed by atoms with Gasteiger partial charge in [0.05, 0.1) is 4.92 Å². The molecule has 0 bridgehead atoms. The van der Waals surface area contributed by atoms with Crippen molar-refractivity contribution < 1.29 is 9.72 Å². The zero-order valence-electron chi connectivity index (χ0n) is 12.2. The summed E-state index contributed by atoms with van der Waals surface area (Å²) in [5.74, 6) is -0.491. The topological polar surface area (TPSA) is 102 Å². The molecule has 2 unspecified atom stereocenters. The van der Waals surface area contributed by atoms with E-state index in [1.54, 1.807) is 0 Å². The fourth-order valence-electron chi connectivity index (χ4n) is 2.71. The van der Waals surface area contributed by atoms with Crippen LogP contribution in [0.25, 0.3) is 0 Å². The monoisotopic (exact) mass is 292 g/mol. The average Bonchev–Trinajstić information content (AvgIpc) is 2.42. The molecule has 21 heavy (non-hydrogen) atoms. The van der Waals surface area contributed by atoms with Crippen LogP contribution in [0.2, 0.25) is 0 Å². The fourth-order valence-corrected chi connectivity index (χ4v) is 2.71. The number of carbonyl (C=O) groups is 1. The second kappa shape index (κ2) is 6.09. The van der Waals surface area contributed by atoms with Gasteiger partial charge in [0, 0.05) is 23.8 Å². The van der Waals surface area contributed by atoms with Crippen LogP contribution < -0.4 is 11.2 Å². The van der Waals surface area contributed by atoms with Crippen LogP contribution in [0.4, 0.5) is 11.4 Å². The summed E-state index contributed by atoms with van der Waals surface area (Å²) in [6, 6.07) is 4.43. The maximum Gasteiger partial charge on any atom is 0.282 e. The van der Waals surface area contributed by atoms with Crippen molar-refractivity contribution in [2.24, 2.45) is 0 Å². The molecule has 0 aromatic heterocycles. The first-order chi connectivity index (χ1) is 9.90. The number of hydrazine groups is 1. The van der Waals surface area contributed by atoms with Crippen LogP contribution in [0.15, 0.2) is 18.2 Å². The van der Waals surface area contributed by atoms with E-state index in [2.05, 4.69) is 5.43 Å². The summed E-state index contributed by atoms with van der Waals surface area (Å²) < 4.78 is 0. The van der Waals surface area contributed by atoms with Gasteiger partial charge >= 0.3 is 0 Å². The van der Waals surface area contributed by atoms with Crippen molar-refractivity contribution in [2.45, 2.75) is 45.2 Å². The molecule has 1 aliphatic rings. The van der Waals surface area contributed by atoms with Crippen molar-refractivity contribution in [1.29, 1.82) is 0 Å². The molecule has 1 amide bonds. The standard InChI is InChI=1S/C14H20N4O3/c1-9-4-3-5-10(2)17(9)16-14(19)12-8-11(15)6-7-13(12)18(20)21/h6-10H,3-5,15H2,1-2H3,(H,16,19). The molecule has 1 aromatic carbocycles. The molecule has 1 saturated heterocycles. The van der Waals surface area contributed by atoms with E-state index < -0.39 is 10.8 Å². The van der Waals surface area contributed by atoms with Crippen molar-refractivity contribution in [3.63, 3.8) is 0 Å². The zero-order valence-corrected chi connectivity index (χ0v) is 12.2. The summed E-state index contributed by atoms with van der Waals surface area (Å²) in [4.78, 5) is 22.8. The maximum atomic E-state index is 12.4. The minimum Gasteiger partial charge on any atom is -0.399 e. The summed E-state index contributed by atoms with van der Waals surface area (Å²) in [6.07, 6.45) is 3.10. The van der Waals surface area contributed by atoms with E-state index in [4.69, 9.17) is 5.73 Å². The molecule has 7 nitrogen and oxygen atoms in total. The third-order valence-corrected chi connectivity index (χ3v) is 3.89. The van der Waals surface area contributed by atoms with Crippen LogP contribution in [0.3, 0.4) is 0 Å². The molecule has 0 aliphatic carbocycles. The highest BCUT2D eigenvalue weighted by Crippen LogP contribution is 2.24. The predicted molar refractivity (Wildman–Crippen MR) is 79.6 cm³/mol. The SMILES string of the molecule is CC1CCCC(C)N1NC(=O)c1cc(N)ccc1[N+](=O)[O-]. The number of anilines is 1. The normalized spacial score (nSPS) is 22.8. The number of hydrogen-bond acceptors (Lipinski definition) is 5.